The van der Waals surface area contributed by atoms with Crippen molar-refractivity contribution in [1.82, 2.24) is 13.9 Å². The number of anilines is 1. The quantitative estimate of drug-likeness (QED) is 0.898. The van der Waals surface area contributed by atoms with Gasteiger partial charge in [-0.15, -0.1) is 0 Å². The van der Waals surface area contributed by atoms with Crippen molar-refractivity contribution in [2.45, 2.75) is 24.8 Å². The third-order valence-electron chi connectivity index (χ3n) is 4.36. The van der Waals surface area contributed by atoms with Crippen molar-refractivity contribution < 1.29 is 13.2 Å². The fourth-order valence-electron chi connectivity index (χ4n) is 2.91. The van der Waals surface area contributed by atoms with Crippen LogP contribution in [-0.4, -0.2) is 41.3 Å². The van der Waals surface area contributed by atoms with E-state index in [9.17, 15) is 13.2 Å². The van der Waals surface area contributed by atoms with Crippen molar-refractivity contribution in [2.75, 3.05) is 18.4 Å². The van der Waals surface area contributed by atoms with E-state index in [4.69, 9.17) is 0 Å². The Balaban J connectivity index is 1.70. The highest BCUT2D eigenvalue weighted by atomic mass is 32.2. The maximum absolute atomic E-state index is 12.7. The van der Waals surface area contributed by atoms with Crippen molar-refractivity contribution in [3.8, 4) is 0 Å². The minimum Gasteiger partial charge on any atom is -0.339 e. The molecule has 0 unspecified atom stereocenters. The van der Waals surface area contributed by atoms with E-state index >= 15 is 0 Å². The minimum absolute atomic E-state index is 0.0228. The summed E-state index contributed by atoms with van der Waals surface area (Å²) in [6, 6.07) is 7.54. The summed E-state index contributed by atoms with van der Waals surface area (Å²) in [6.45, 7) is 2.57. The molecule has 8 heteroatoms. The third-order valence-corrected chi connectivity index (χ3v) is 6.11. The van der Waals surface area contributed by atoms with Crippen LogP contribution in [0.5, 0.6) is 0 Å². The largest absolute Gasteiger partial charge is 0.339 e. The Morgan fingerprint density at radius 1 is 1.28 bits per heavy atom. The van der Waals surface area contributed by atoms with Gasteiger partial charge in [0, 0.05) is 32.0 Å². The van der Waals surface area contributed by atoms with Crippen LogP contribution in [0.4, 0.5) is 5.69 Å². The first kappa shape index (κ1) is 17.6. The summed E-state index contributed by atoms with van der Waals surface area (Å²) < 4.78 is 28.3. The number of sulfonamides is 1. The number of benzene rings is 1. The predicted molar refractivity (Wildman–Crippen MR) is 94.5 cm³/mol. The third kappa shape index (κ3) is 3.91. The van der Waals surface area contributed by atoms with Gasteiger partial charge in [-0.1, -0.05) is 17.7 Å². The lowest BCUT2D eigenvalue weighted by Crippen LogP contribution is -2.43. The molecule has 7 nitrogen and oxygen atoms in total. The average molecular weight is 362 g/mol. The molecule has 1 N–H and O–H groups in total. The fourth-order valence-corrected chi connectivity index (χ4v) is 4.40. The van der Waals surface area contributed by atoms with Gasteiger partial charge in [0.25, 0.3) is 10.0 Å². The number of aromatic nitrogens is 2. The summed E-state index contributed by atoms with van der Waals surface area (Å²) in [7, 11) is -1.94. The zero-order chi connectivity index (χ0) is 18.0. The predicted octanol–water partition coefficient (Wildman–Crippen LogP) is 1.77. The van der Waals surface area contributed by atoms with Gasteiger partial charge in [0.05, 0.1) is 12.2 Å². The van der Waals surface area contributed by atoms with Crippen LogP contribution in [0.2, 0.25) is 0 Å². The van der Waals surface area contributed by atoms with Crippen LogP contribution in [0, 0.1) is 12.8 Å². The van der Waals surface area contributed by atoms with Crippen molar-refractivity contribution in [2.24, 2.45) is 13.0 Å². The molecule has 1 saturated heterocycles. The summed E-state index contributed by atoms with van der Waals surface area (Å²) in [5.74, 6) is -0.515. The molecule has 1 aromatic heterocycles. The molecule has 0 aliphatic carbocycles. The number of carbonyl (C=O) groups excluding carboxylic acids is 1. The summed E-state index contributed by atoms with van der Waals surface area (Å²) in [6.07, 6.45) is 4.26. The van der Waals surface area contributed by atoms with Crippen LogP contribution >= 0.6 is 0 Å². The lowest BCUT2D eigenvalue weighted by atomic mass is 9.98. The highest BCUT2D eigenvalue weighted by Gasteiger charge is 2.34. The van der Waals surface area contributed by atoms with Gasteiger partial charge >= 0.3 is 0 Å². The molecule has 1 aromatic carbocycles. The van der Waals surface area contributed by atoms with E-state index in [1.807, 2.05) is 31.2 Å². The maximum atomic E-state index is 12.7. The van der Waals surface area contributed by atoms with Crippen LogP contribution in [0.3, 0.4) is 0 Å². The smallest absolute Gasteiger partial charge is 0.262 e. The molecule has 1 amide bonds. The van der Waals surface area contributed by atoms with E-state index in [1.165, 1.54) is 16.8 Å². The standard InChI is InChI=1S/C17H22N4O3S/c1-13-5-7-15(8-6-13)19-17(22)14-4-3-9-21(10-14)25(23,24)16-11-20(2)12-18-16/h5-8,11-12,14H,3-4,9-10H2,1-2H3,(H,19,22)/t14-/m0/s1. The zero-order valence-corrected chi connectivity index (χ0v) is 15.2. The van der Waals surface area contributed by atoms with Gasteiger partial charge in [-0.05, 0) is 31.9 Å². The molecule has 25 heavy (non-hydrogen) atoms. The molecular weight excluding hydrogens is 340 g/mol. The average Bonchev–Trinajstić information content (AvgIpc) is 3.04. The molecule has 1 aliphatic heterocycles. The molecule has 1 atom stereocenters. The molecule has 134 valence electrons. The molecular formula is C17H22N4O3S. The second-order valence-electron chi connectivity index (χ2n) is 6.43. The Bertz CT molecular complexity index is 858. The van der Waals surface area contributed by atoms with Gasteiger partial charge in [-0.2, -0.15) is 4.31 Å². The molecule has 0 bridgehead atoms. The second-order valence-corrected chi connectivity index (χ2v) is 8.32. The minimum atomic E-state index is -3.66. The van der Waals surface area contributed by atoms with Crippen LogP contribution in [-0.2, 0) is 21.9 Å². The number of imidazole rings is 1. The number of hydrogen-bond acceptors (Lipinski definition) is 4. The first-order chi connectivity index (χ1) is 11.9. The van der Waals surface area contributed by atoms with Crippen molar-refractivity contribution in [1.29, 1.82) is 0 Å². The Kier molecular flexibility index (Phi) is 4.91. The molecule has 3 rings (SSSR count). The first-order valence-corrected chi connectivity index (χ1v) is 9.66. The number of rotatable bonds is 4. The molecule has 0 saturated carbocycles. The number of nitrogens with zero attached hydrogens (tertiary/aromatic N) is 3. The van der Waals surface area contributed by atoms with Crippen molar-refractivity contribution in [3.05, 3.63) is 42.4 Å². The van der Waals surface area contributed by atoms with E-state index in [0.29, 0.717) is 19.4 Å². The number of nitrogens with one attached hydrogen (secondary N) is 1. The van der Waals surface area contributed by atoms with E-state index in [-0.39, 0.29) is 23.4 Å². The van der Waals surface area contributed by atoms with Crippen molar-refractivity contribution >= 4 is 21.6 Å². The topological polar surface area (TPSA) is 84.3 Å². The Hall–Kier alpha value is -2.19. The monoisotopic (exact) mass is 362 g/mol. The highest BCUT2D eigenvalue weighted by Crippen LogP contribution is 2.24. The summed E-state index contributed by atoms with van der Waals surface area (Å²) in [4.78, 5) is 16.5. The van der Waals surface area contributed by atoms with Gasteiger partial charge < -0.3 is 9.88 Å². The number of amides is 1. The molecule has 2 heterocycles. The highest BCUT2D eigenvalue weighted by molar-refractivity contribution is 7.89. The van der Waals surface area contributed by atoms with E-state index in [2.05, 4.69) is 10.3 Å². The fraction of sp³-hybridized carbons (Fsp3) is 0.412. The summed E-state index contributed by atoms with van der Waals surface area (Å²) in [5.41, 5.74) is 1.84. The zero-order valence-electron chi connectivity index (χ0n) is 14.3. The van der Waals surface area contributed by atoms with Crippen LogP contribution < -0.4 is 5.32 Å². The van der Waals surface area contributed by atoms with E-state index in [1.54, 1.807) is 11.6 Å². The van der Waals surface area contributed by atoms with Crippen molar-refractivity contribution in [3.63, 3.8) is 0 Å². The van der Waals surface area contributed by atoms with Gasteiger partial charge in [0.15, 0.2) is 5.03 Å². The lowest BCUT2D eigenvalue weighted by molar-refractivity contribution is -0.120. The molecule has 0 spiro atoms. The molecule has 0 radical (unpaired) electrons. The van der Waals surface area contributed by atoms with Gasteiger partial charge in [0.1, 0.15) is 0 Å². The van der Waals surface area contributed by atoms with Crippen LogP contribution in [0.25, 0.3) is 0 Å². The maximum Gasteiger partial charge on any atom is 0.262 e. The Labute approximate surface area is 147 Å². The number of carbonyl (C=O) groups is 1. The number of piperidine rings is 1. The van der Waals surface area contributed by atoms with Crippen LogP contribution in [0.1, 0.15) is 18.4 Å². The van der Waals surface area contributed by atoms with Gasteiger partial charge in [-0.3, -0.25) is 4.79 Å². The SMILES string of the molecule is Cc1ccc(NC(=O)[C@H]2CCCN(S(=O)(=O)c3cn(C)cn3)C2)cc1. The second kappa shape index (κ2) is 6.97. The number of hydrogen-bond donors (Lipinski definition) is 1. The van der Waals surface area contributed by atoms with E-state index in [0.717, 1.165) is 11.3 Å². The van der Waals surface area contributed by atoms with Crippen LogP contribution in [0.15, 0.2) is 41.8 Å². The van der Waals surface area contributed by atoms with Gasteiger partial charge in [-0.25, -0.2) is 13.4 Å². The Morgan fingerprint density at radius 3 is 2.64 bits per heavy atom. The number of aryl methyl sites for hydroxylation is 2. The normalized spacial score (nSPS) is 18.9. The molecule has 1 aliphatic rings. The molecule has 2 aromatic rings. The van der Waals surface area contributed by atoms with E-state index < -0.39 is 10.0 Å². The van der Waals surface area contributed by atoms with Gasteiger partial charge in [0.2, 0.25) is 5.91 Å². The lowest BCUT2D eigenvalue weighted by Gasteiger charge is -2.30. The molecule has 1 fully saturated rings. The first-order valence-electron chi connectivity index (χ1n) is 8.22. The summed E-state index contributed by atoms with van der Waals surface area (Å²) >= 11 is 0. The Morgan fingerprint density at radius 2 is 2.00 bits per heavy atom. The summed E-state index contributed by atoms with van der Waals surface area (Å²) in [5, 5.41) is 2.90.